The first-order valence-corrected chi connectivity index (χ1v) is 9.02. The number of carbonyl (C=O) groups excluding carboxylic acids is 4. The second-order valence-electron chi connectivity index (χ2n) is 6.63. The Kier molecular flexibility index (Phi) is 9.44. The molecule has 0 aliphatic carbocycles. The van der Waals surface area contributed by atoms with E-state index in [0.717, 1.165) is 4.90 Å². The average Bonchev–Trinajstić information content (AvgIpc) is 3.17. The Bertz CT molecular complexity index is 643. The van der Waals surface area contributed by atoms with Crippen LogP contribution in [0.3, 0.4) is 0 Å². The van der Waals surface area contributed by atoms with E-state index in [0.29, 0.717) is 6.42 Å². The topological polar surface area (TPSA) is 225 Å². The molecule has 1 fully saturated rings. The molecule has 0 aromatic heterocycles. The van der Waals surface area contributed by atoms with Gasteiger partial charge in [0.1, 0.15) is 18.1 Å². The van der Waals surface area contributed by atoms with Crippen molar-refractivity contribution in [3.8, 4) is 0 Å². The van der Waals surface area contributed by atoms with Gasteiger partial charge in [-0.15, -0.1) is 0 Å². The molecule has 9 N–H and O–H groups in total. The number of carboxylic acids is 1. The molecular weight excluding hydrogens is 390 g/mol. The van der Waals surface area contributed by atoms with Gasteiger partial charge in [0.15, 0.2) is 0 Å². The highest BCUT2D eigenvalue weighted by Crippen LogP contribution is 2.18. The Labute approximate surface area is 166 Å². The van der Waals surface area contributed by atoms with Gasteiger partial charge in [0.05, 0.1) is 19.3 Å². The maximum atomic E-state index is 12.5. The summed E-state index contributed by atoms with van der Waals surface area (Å²) in [6, 6.07) is -5.12. The number of carboxylic acid groups (broad SMARTS) is 1. The Hall–Kier alpha value is -2.77. The fourth-order valence-electron chi connectivity index (χ4n) is 2.85. The summed E-state index contributed by atoms with van der Waals surface area (Å²) in [6.45, 7) is -1.47. The third kappa shape index (κ3) is 6.96. The highest BCUT2D eigenvalue weighted by atomic mass is 16.4. The minimum atomic E-state index is -1.47. The molecule has 0 saturated carbocycles. The van der Waals surface area contributed by atoms with Crippen LogP contribution in [-0.2, 0) is 24.0 Å². The summed E-state index contributed by atoms with van der Waals surface area (Å²) in [5, 5.41) is 32.3. The first-order valence-electron chi connectivity index (χ1n) is 9.02. The lowest BCUT2D eigenvalue weighted by molar-refractivity contribution is -0.150. The first kappa shape index (κ1) is 24.3. The van der Waals surface area contributed by atoms with Crippen LogP contribution in [0, 0.1) is 0 Å². The van der Waals surface area contributed by atoms with Crippen LogP contribution in [0.1, 0.15) is 25.7 Å². The van der Waals surface area contributed by atoms with Crippen LogP contribution in [0.2, 0.25) is 0 Å². The maximum Gasteiger partial charge on any atom is 0.326 e. The second-order valence-corrected chi connectivity index (χ2v) is 6.63. The molecule has 1 saturated heterocycles. The Balaban J connectivity index is 2.71. The summed E-state index contributed by atoms with van der Waals surface area (Å²) in [5.74, 6) is -4.42. The van der Waals surface area contributed by atoms with Crippen molar-refractivity contribution in [2.75, 3.05) is 19.8 Å². The predicted octanol–water partition coefficient (Wildman–Crippen LogP) is -4.39. The summed E-state index contributed by atoms with van der Waals surface area (Å²) in [6.07, 6.45) is 0.509. The van der Waals surface area contributed by atoms with Crippen LogP contribution in [0.15, 0.2) is 0 Å². The number of carbonyl (C=O) groups is 5. The molecule has 4 amide bonds. The number of aliphatic carboxylic acids is 1. The minimum absolute atomic E-state index is 0.0653. The van der Waals surface area contributed by atoms with Crippen molar-refractivity contribution < 1.29 is 39.3 Å². The van der Waals surface area contributed by atoms with Crippen LogP contribution in [0.5, 0.6) is 0 Å². The van der Waals surface area contributed by atoms with E-state index in [-0.39, 0.29) is 25.8 Å². The second kappa shape index (κ2) is 11.3. The summed E-state index contributed by atoms with van der Waals surface area (Å²) < 4.78 is 0. The molecule has 1 aliphatic rings. The summed E-state index contributed by atoms with van der Waals surface area (Å²) in [5.41, 5.74) is 10.5. The van der Waals surface area contributed by atoms with E-state index in [2.05, 4.69) is 10.6 Å². The first-order chi connectivity index (χ1) is 13.6. The van der Waals surface area contributed by atoms with Gasteiger partial charge in [-0.05, 0) is 19.3 Å². The molecule has 0 aromatic rings. The number of aliphatic hydroxyl groups is 2. The molecule has 1 heterocycles. The largest absolute Gasteiger partial charge is 0.480 e. The van der Waals surface area contributed by atoms with Gasteiger partial charge in [-0.2, -0.15) is 0 Å². The maximum absolute atomic E-state index is 12.5. The predicted molar refractivity (Wildman–Crippen MR) is 96.8 cm³/mol. The molecule has 0 spiro atoms. The van der Waals surface area contributed by atoms with Crippen LogP contribution in [0.25, 0.3) is 0 Å². The zero-order valence-electron chi connectivity index (χ0n) is 15.7. The highest BCUT2D eigenvalue weighted by molar-refractivity contribution is 5.94. The number of hydrogen-bond donors (Lipinski definition) is 7. The van der Waals surface area contributed by atoms with Crippen molar-refractivity contribution in [3.05, 3.63) is 0 Å². The number of likely N-dealkylation sites (tertiary alicyclic amines) is 1. The van der Waals surface area contributed by atoms with E-state index < -0.39 is 67.0 Å². The third-order valence-corrected chi connectivity index (χ3v) is 4.47. The van der Waals surface area contributed by atoms with Crippen LogP contribution in [-0.4, -0.2) is 93.7 Å². The van der Waals surface area contributed by atoms with Gasteiger partial charge in [0, 0.05) is 13.0 Å². The number of rotatable bonds is 11. The van der Waals surface area contributed by atoms with Crippen molar-refractivity contribution in [2.24, 2.45) is 11.5 Å². The number of aliphatic hydroxyl groups excluding tert-OH is 2. The fourth-order valence-corrected chi connectivity index (χ4v) is 2.85. The molecule has 13 heteroatoms. The van der Waals surface area contributed by atoms with Gasteiger partial charge < -0.3 is 42.3 Å². The van der Waals surface area contributed by atoms with Gasteiger partial charge in [0.2, 0.25) is 23.6 Å². The number of primary amides is 1. The molecule has 0 aromatic carbocycles. The zero-order valence-corrected chi connectivity index (χ0v) is 15.7. The lowest BCUT2D eigenvalue weighted by atomic mass is 10.1. The van der Waals surface area contributed by atoms with Gasteiger partial charge in [-0.25, -0.2) is 4.79 Å². The Morgan fingerprint density at radius 2 is 1.62 bits per heavy atom. The number of amides is 4. The molecule has 0 radical (unpaired) electrons. The Morgan fingerprint density at radius 3 is 2.14 bits per heavy atom. The normalized spacial score (nSPS) is 19.1. The monoisotopic (exact) mass is 417 g/mol. The lowest BCUT2D eigenvalue weighted by Crippen LogP contribution is -2.59. The molecule has 1 aliphatic heterocycles. The van der Waals surface area contributed by atoms with Crippen LogP contribution >= 0.6 is 0 Å². The van der Waals surface area contributed by atoms with Gasteiger partial charge >= 0.3 is 5.97 Å². The molecule has 13 nitrogen and oxygen atoms in total. The van der Waals surface area contributed by atoms with E-state index in [1.165, 1.54) is 0 Å². The van der Waals surface area contributed by atoms with Crippen LogP contribution < -0.4 is 22.1 Å². The van der Waals surface area contributed by atoms with E-state index in [9.17, 15) is 34.2 Å². The van der Waals surface area contributed by atoms with E-state index in [4.69, 9.17) is 16.6 Å². The number of hydrogen-bond acceptors (Lipinski definition) is 8. The summed E-state index contributed by atoms with van der Waals surface area (Å²) >= 11 is 0. The van der Waals surface area contributed by atoms with Crippen molar-refractivity contribution in [2.45, 2.75) is 49.9 Å². The number of nitrogens with two attached hydrogens (primary N) is 2. The molecule has 0 unspecified atom stereocenters. The molecule has 29 heavy (non-hydrogen) atoms. The Morgan fingerprint density at radius 1 is 1.03 bits per heavy atom. The highest BCUT2D eigenvalue weighted by Gasteiger charge is 2.38. The molecule has 0 bridgehead atoms. The molecule has 1 rings (SSSR count). The fraction of sp³-hybridized carbons (Fsp3) is 0.688. The van der Waals surface area contributed by atoms with Crippen molar-refractivity contribution in [1.29, 1.82) is 0 Å². The molecule has 4 atom stereocenters. The van der Waals surface area contributed by atoms with E-state index in [1.807, 2.05) is 0 Å². The zero-order chi connectivity index (χ0) is 22.1. The number of nitrogens with zero attached hydrogens (tertiary/aromatic N) is 1. The van der Waals surface area contributed by atoms with E-state index >= 15 is 0 Å². The standard InChI is InChI=1S/C16H27N5O8/c17-8(3-4-12(18)24)13(25)19-9(6-22)14(26)20-10(7-23)15(27)21-5-1-2-11(21)16(28)29/h8-11,22-23H,1-7,17H2,(H2,18,24)(H,19,25)(H,20,26)(H,28,29)/t8-,9-,10-,11-/m0/s1. The SMILES string of the molecule is NC(=O)CC[C@H](N)C(=O)N[C@@H](CO)C(=O)N[C@@H](CO)C(=O)N1CCC[C@H]1C(=O)O. The lowest BCUT2D eigenvalue weighted by Gasteiger charge is -2.27. The minimum Gasteiger partial charge on any atom is -0.480 e. The molecule has 164 valence electrons. The van der Waals surface area contributed by atoms with Crippen molar-refractivity contribution in [1.82, 2.24) is 15.5 Å². The summed E-state index contributed by atoms with van der Waals surface area (Å²) in [7, 11) is 0. The van der Waals surface area contributed by atoms with Crippen molar-refractivity contribution >= 4 is 29.6 Å². The quantitative estimate of drug-likeness (QED) is 0.172. The van der Waals surface area contributed by atoms with E-state index in [1.54, 1.807) is 0 Å². The van der Waals surface area contributed by atoms with Gasteiger partial charge in [-0.3, -0.25) is 19.2 Å². The van der Waals surface area contributed by atoms with Crippen LogP contribution in [0.4, 0.5) is 0 Å². The number of nitrogens with one attached hydrogen (secondary N) is 2. The smallest absolute Gasteiger partial charge is 0.326 e. The van der Waals surface area contributed by atoms with Gasteiger partial charge in [0.25, 0.3) is 0 Å². The molecular formula is C16H27N5O8. The van der Waals surface area contributed by atoms with Gasteiger partial charge in [-0.1, -0.05) is 0 Å². The average molecular weight is 417 g/mol. The summed E-state index contributed by atoms with van der Waals surface area (Å²) in [4.78, 5) is 59.8. The van der Waals surface area contributed by atoms with Crippen molar-refractivity contribution in [3.63, 3.8) is 0 Å². The third-order valence-electron chi connectivity index (χ3n) is 4.47.